The molecule has 0 bridgehead atoms. The van der Waals surface area contributed by atoms with Crippen molar-refractivity contribution in [1.82, 2.24) is 24.5 Å². The van der Waals surface area contributed by atoms with Crippen LogP contribution in [0, 0.1) is 5.92 Å². The number of aromatic nitrogens is 4. The number of hydrogen-bond acceptors (Lipinski definition) is 6. The van der Waals surface area contributed by atoms with Crippen LogP contribution >= 0.6 is 0 Å². The van der Waals surface area contributed by atoms with Crippen LogP contribution < -0.4 is 0 Å². The molecule has 8 heteroatoms. The summed E-state index contributed by atoms with van der Waals surface area (Å²) in [5, 5.41) is 4.55. The van der Waals surface area contributed by atoms with Crippen LogP contribution in [0.15, 0.2) is 41.5 Å². The molecule has 0 radical (unpaired) electrons. The van der Waals surface area contributed by atoms with E-state index >= 15 is 0 Å². The molecular formula is C16H17N5O3. The van der Waals surface area contributed by atoms with E-state index in [1.165, 1.54) is 12.6 Å². The minimum Gasteiger partial charge on any atom is -0.438 e. The van der Waals surface area contributed by atoms with Crippen LogP contribution in [0.2, 0.25) is 0 Å². The Morgan fingerprint density at radius 2 is 2.33 bits per heavy atom. The van der Waals surface area contributed by atoms with Crippen molar-refractivity contribution in [2.24, 2.45) is 5.92 Å². The van der Waals surface area contributed by atoms with Gasteiger partial charge < -0.3 is 14.1 Å². The number of rotatable bonds is 3. The molecule has 4 heterocycles. The van der Waals surface area contributed by atoms with Gasteiger partial charge >= 0.3 is 0 Å². The third-order valence-corrected chi connectivity index (χ3v) is 4.08. The molecule has 0 saturated carbocycles. The molecular weight excluding hydrogens is 310 g/mol. The minimum atomic E-state index is -0.152. The van der Waals surface area contributed by atoms with E-state index in [0.29, 0.717) is 26.3 Å². The number of ether oxygens (including phenoxy) is 1. The second-order valence-corrected chi connectivity index (χ2v) is 5.82. The summed E-state index contributed by atoms with van der Waals surface area (Å²) < 4.78 is 12.5. The van der Waals surface area contributed by atoms with Crippen molar-refractivity contribution in [1.29, 1.82) is 0 Å². The number of carbonyl (C=O) groups is 1. The molecule has 3 aromatic heterocycles. The molecule has 0 spiro atoms. The summed E-state index contributed by atoms with van der Waals surface area (Å²) in [6.07, 6.45) is 6.98. The standard InChI is InChI=1S/C16H17N5O3/c22-16(14-8-17-11-24-14)20-5-6-23-10-12(9-20)7-13-1-2-15-18-3-4-21(15)19-13/h1-4,8,11-12H,5-7,9-10H2/t12-/m1/s1. The molecule has 24 heavy (non-hydrogen) atoms. The van der Waals surface area contributed by atoms with Gasteiger partial charge in [0.15, 0.2) is 12.0 Å². The number of amides is 1. The molecule has 1 fully saturated rings. The van der Waals surface area contributed by atoms with Gasteiger partial charge in [0.25, 0.3) is 5.91 Å². The molecule has 1 aliphatic rings. The van der Waals surface area contributed by atoms with Crippen molar-refractivity contribution in [3.8, 4) is 0 Å². The van der Waals surface area contributed by atoms with Gasteiger partial charge in [-0.1, -0.05) is 0 Å². The Morgan fingerprint density at radius 1 is 1.38 bits per heavy atom. The topological polar surface area (TPSA) is 85.8 Å². The number of carbonyl (C=O) groups excluding carboxylic acids is 1. The van der Waals surface area contributed by atoms with Gasteiger partial charge in [0.1, 0.15) is 0 Å². The van der Waals surface area contributed by atoms with Crippen LogP contribution in [0.5, 0.6) is 0 Å². The Bertz CT molecular complexity index is 829. The van der Waals surface area contributed by atoms with E-state index in [1.807, 2.05) is 18.3 Å². The largest absolute Gasteiger partial charge is 0.438 e. The van der Waals surface area contributed by atoms with Crippen molar-refractivity contribution >= 4 is 11.6 Å². The molecule has 0 unspecified atom stereocenters. The van der Waals surface area contributed by atoms with Crippen LogP contribution in [-0.4, -0.2) is 56.7 Å². The quantitative estimate of drug-likeness (QED) is 0.715. The number of fused-ring (bicyclic) bond motifs is 1. The van der Waals surface area contributed by atoms with Gasteiger partial charge in [-0.05, 0) is 18.6 Å². The Balaban J connectivity index is 1.48. The first-order valence-electron chi connectivity index (χ1n) is 7.84. The van der Waals surface area contributed by atoms with Crippen LogP contribution in [0.4, 0.5) is 0 Å². The highest BCUT2D eigenvalue weighted by Crippen LogP contribution is 2.15. The smallest absolute Gasteiger partial charge is 0.291 e. The molecule has 0 aliphatic carbocycles. The van der Waals surface area contributed by atoms with E-state index in [-0.39, 0.29) is 17.6 Å². The first-order valence-corrected chi connectivity index (χ1v) is 7.84. The Morgan fingerprint density at radius 3 is 3.21 bits per heavy atom. The molecule has 1 atom stereocenters. The Labute approximate surface area is 138 Å². The first-order chi connectivity index (χ1) is 11.8. The zero-order valence-corrected chi connectivity index (χ0v) is 13.0. The molecule has 3 aromatic rings. The van der Waals surface area contributed by atoms with Crippen molar-refractivity contribution in [3.63, 3.8) is 0 Å². The maximum atomic E-state index is 12.5. The summed E-state index contributed by atoms with van der Waals surface area (Å²) in [5.41, 5.74) is 1.76. The molecule has 1 aliphatic heterocycles. The molecule has 0 aromatic carbocycles. The zero-order valence-electron chi connectivity index (χ0n) is 13.0. The fourth-order valence-electron chi connectivity index (χ4n) is 2.92. The number of imidazole rings is 1. The van der Waals surface area contributed by atoms with Gasteiger partial charge in [0, 0.05) is 31.4 Å². The Kier molecular flexibility index (Phi) is 3.96. The van der Waals surface area contributed by atoms with Crippen molar-refractivity contribution < 1.29 is 13.9 Å². The van der Waals surface area contributed by atoms with Crippen molar-refractivity contribution in [3.05, 3.63) is 48.6 Å². The van der Waals surface area contributed by atoms with E-state index in [0.717, 1.165) is 17.8 Å². The van der Waals surface area contributed by atoms with Crippen molar-refractivity contribution in [2.45, 2.75) is 6.42 Å². The molecule has 1 amide bonds. The lowest BCUT2D eigenvalue weighted by atomic mass is 10.0. The van der Waals surface area contributed by atoms with Crippen LogP contribution in [-0.2, 0) is 11.2 Å². The Hall–Kier alpha value is -2.74. The fraction of sp³-hybridized carbons (Fsp3) is 0.375. The minimum absolute atomic E-state index is 0.152. The van der Waals surface area contributed by atoms with Gasteiger partial charge in [-0.15, -0.1) is 0 Å². The average molecular weight is 327 g/mol. The number of oxazole rings is 1. The number of hydrogen-bond donors (Lipinski definition) is 0. The molecule has 1 saturated heterocycles. The van der Waals surface area contributed by atoms with E-state index in [2.05, 4.69) is 15.1 Å². The van der Waals surface area contributed by atoms with Crippen molar-refractivity contribution in [2.75, 3.05) is 26.3 Å². The first kappa shape index (κ1) is 14.8. The summed E-state index contributed by atoms with van der Waals surface area (Å²) in [5.74, 6) is 0.280. The summed E-state index contributed by atoms with van der Waals surface area (Å²) in [7, 11) is 0. The molecule has 124 valence electrons. The summed E-state index contributed by atoms with van der Waals surface area (Å²) in [4.78, 5) is 22.2. The SMILES string of the molecule is O=C(c1cnco1)N1CCOC[C@H](Cc2ccc3nccn3n2)C1. The highest BCUT2D eigenvalue weighted by Gasteiger charge is 2.25. The van der Waals surface area contributed by atoms with Gasteiger partial charge in [0.2, 0.25) is 5.76 Å². The third kappa shape index (κ3) is 3.00. The maximum absolute atomic E-state index is 12.5. The van der Waals surface area contributed by atoms with Crippen LogP contribution in [0.3, 0.4) is 0 Å². The predicted molar refractivity (Wildman–Crippen MR) is 83.4 cm³/mol. The summed E-state index contributed by atoms with van der Waals surface area (Å²) >= 11 is 0. The highest BCUT2D eigenvalue weighted by molar-refractivity contribution is 5.91. The van der Waals surface area contributed by atoms with E-state index in [4.69, 9.17) is 9.15 Å². The fourth-order valence-corrected chi connectivity index (χ4v) is 2.92. The van der Waals surface area contributed by atoms with Crippen LogP contribution in [0.25, 0.3) is 5.65 Å². The monoisotopic (exact) mass is 327 g/mol. The lowest BCUT2D eigenvalue weighted by molar-refractivity contribution is 0.0705. The number of nitrogens with zero attached hydrogens (tertiary/aromatic N) is 5. The normalized spacial score (nSPS) is 18.7. The second kappa shape index (κ2) is 6.40. The zero-order chi connectivity index (χ0) is 16.4. The van der Waals surface area contributed by atoms with E-state index in [9.17, 15) is 4.79 Å². The van der Waals surface area contributed by atoms with Crippen LogP contribution in [0.1, 0.15) is 16.2 Å². The highest BCUT2D eigenvalue weighted by atomic mass is 16.5. The van der Waals surface area contributed by atoms with Gasteiger partial charge in [-0.25, -0.2) is 14.5 Å². The summed E-state index contributed by atoms with van der Waals surface area (Å²) in [6, 6.07) is 3.91. The lowest BCUT2D eigenvalue weighted by Crippen LogP contribution is -2.36. The second-order valence-electron chi connectivity index (χ2n) is 5.82. The molecule has 0 N–H and O–H groups in total. The predicted octanol–water partition coefficient (Wildman–Crippen LogP) is 1.05. The van der Waals surface area contributed by atoms with Gasteiger partial charge in [0.05, 0.1) is 25.1 Å². The molecule has 8 nitrogen and oxygen atoms in total. The maximum Gasteiger partial charge on any atom is 0.291 e. The molecule has 4 rings (SSSR count). The van der Waals surface area contributed by atoms with E-state index in [1.54, 1.807) is 15.6 Å². The lowest BCUT2D eigenvalue weighted by Gasteiger charge is -2.22. The average Bonchev–Trinajstić information content (AvgIpc) is 3.23. The van der Waals surface area contributed by atoms with E-state index < -0.39 is 0 Å². The summed E-state index contributed by atoms with van der Waals surface area (Å²) in [6.45, 7) is 2.27. The van der Waals surface area contributed by atoms with Gasteiger partial charge in [-0.3, -0.25) is 4.79 Å². The van der Waals surface area contributed by atoms with Gasteiger partial charge in [-0.2, -0.15) is 5.10 Å². The third-order valence-electron chi connectivity index (χ3n) is 4.08.